The first-order valence-electron chi connectivity index (χ1n) is 2.90. The second kappa shape index (κ2) is 3.78. The Morgan fingerprint density at radius 3 is 2.20 bits per heavy atom. The number of hydrogen-bond donors (Lipinski definition) is 2. The zero-order valence-corrected chi connectivity index (χ0v) is 5.36. The molecule has 0 aliphatic rings. The molecule has 0 aliphatic carbocycles. The maximum absolute atomic E-state index is 11.4. The van der Waals surface area contributed by atoms with Gasteiger partial charge in [-0.25, -0.2) is 0 Å². The van der Waals surface area contributed by atoms with Crippen LogP contribution in [0.5, 0.6) is 0 Å². The van der Waals surface area contributed by atoms with Gasteiger partial charge in [-0.3, -0.25) is 0 Å². The molecule has 2 nitrogen and oxygen atoms in total. The van der Waals surface area contributed by atoms with Crippen LogP contribution in [-0.4, -0.2) is 23.9 Å². The highest BCUT2D eigenvalue weighted by Crippen LogP contribution is 2.22. The Bertz CT molecular complexity index is 93.4. The van der Waals surface area contributed by atoms with E-state index in [-0.39, 0.29) is 13.0 Å². The van der Waals surface area contributed by atoms with E-state index in [0.29, 0.717) is 0 Å². The molecule has 0 fully saturated rings. The minimum absolute atomic E-state index is 0.000486. The summed E-state index contributed by atoms with van der Waals surface area (Å²) in [4.78, 5) is 0. The molecule has 0 spiro atoms. The Balaban J connectivity index is 3.47. The Kier molecular flexibility index (Phi) is 3.67. The normalized spacial score (nSPS) is 15.3. The van der Waals surface area contributed by atoms with Crippen LogP contribution in [0.3, 0.4) is 0 Å². The van der Waals surface area contributed by atoms with E-state index in [1.54, 1.807) is 0 Å². The first kappa shape index (κ1) is 9.71. The quantitative estimate of drug-likeness (QED) is 0.631. The highest BCUT2D eigenvalue weighted by Gasteiger charge is 2.30. The number of aliphatic hydroxyl groups is 1. The Hall–Kier alpha value is -0.290. The molecule has 0 unspecified atom stereocenters. The van der Waals surface area contributed by atoms with E-state index in [2.05, 4.69) is 0 Å². The molecule has 0 saturated heterocycles. The van der Waals surface area contributed by atoms with Crippen LogP contribution in [0.2, 0.25) is 0 Å². The molecule has 0 rings (SSSR count). The zero-order chi connectivity index (χ0) is 8.20. The van der Waals surface area contributed by atoms with Crippen LogP contribution in [0, 0.1) is 0 Å². The molecule has 0 heterocycles. The van der Waals surface area contributed by atoms with Crippen molar-refractivity contribution in [2.24, 2.45) is 5.73 Å². The van der Waals surface area contributed by atoms with E-state index in [1.165, 1.54) is 0 Å². The topological polar surface area (TPSA) is 46.2 Å². The fraction of sp³-hybridized carbons (Fsp3) is 1.00. The summed E-state index contributed by atoms with van der Waals surface area (Å²) in [5.41, 5.74) is 4.92. The SMILES string of the molecule is NCC[C@@H](O)CC(F)(F)F. The molecule has 1 atom stereocenters. The van der Waals surface area contributed by atoms with Crippen LogP contribution in [-0.2, 0) is 0 Å². The predicted octanol–water partition coefficient (Wildman–Crippen LogP) is 0.649. The highest BCUT2D eigenvalue weighted by atomic mass is 19.4. The van der Waals surface area contributed by atoms with Gasteiger partial charge in [0.15, 0.2) is 0 Å². The molecule has 0 aromatic carbocycles. The number of rotatable bonds is 3. The van der Waals surface area contributed by atoms with Crippen LogP contribution in [0.15, 0.2) is 0 Å². The van der Waals surface area contributed by atoms with Crippen molar-refractivity contribution < 1.29 is 18.3 Å². The molecule has 0 saturated carbocycles. The fourth-order valence-electron chi connectivity index (χ4n) is 0.562. The molecular weight excluding hydrogens is 147 g/mol. The van der Waals surface area contributed by atoms with Crippen molar-refractivity contribution in [1.82, 2.24) is 0 Å². The highest BCUT2D eigenvalue weighted by molar-refractivity contribution is 4.61. The third kappa shape index (κ3) is 5.84. The number of alkyl halides is 3. The number of aliphatic hydroxyl groups excluding tert-OH is 1. The largest absolute Gasteiger partial charge is 0.393 e. The number of halogens is 3. The third-order valence-electron chi connectivity index (χ3n) is 0.967. The van der Waals surface area contributed by atoms with Gasteiger partial charge in [0.1, 0.15) is 0 Å². The summed E-state index contributed by atoms with van der Waals surface area (Å²) < 4.78 is 34.3. The van der Waals surface area contributed by atoms with Crippen LogP contribution in [0.4, 0.5) is 13.2 Å². The van der Waals surface area contributed by atoms with Gasteiger partial charge >= 0.3 is 6.18 Å². The maximum Gasteiger partial charge on any atom is 0.391 e. The standard InChI is InChI=1S/C5H10F3NO/c6-5(7,8)3-4(10)1-2-9/h4,10H,1-3,9H2/t4-/m1/s1. The van der Waals surface area contributed by atoms with Gasteiger partial charge in [0.25, 0.3) is 0 Å². The van der Waals surface area contributed by atoms with Crippen LogP contribution in [0.1, 0.15) is 12.8 Å². The summed E-state index contributed by atoms with van der Waals surface area (Å²) >= 11 is 0. The lowest BCUT2D eigenvalue weighted by Crippen LogP contribution is -2.21. The zero-order valence-electron chi connectivity index (χ0n) is 5.36. The average molecular weight is 157 g/mol. The van der Waals surface area contributed by atoms with E-state index in [9.17, 15) is 13.2 Å². The molecular formula is C5H10F3NO. The summed E-state index contributed by atoms with van der Waals surface area (Å²) in [7, 11) is 0. The predicted molar refractivity (Wildman–Crippen MR) is 30.4 cm³/mol. The molecule has 3 N–H and O–H groups in total. The van der Waals surface area contributed by atoms with Gasteiger partial charge in [0.05, 0.1) is 12.5 Å². The second-order valence-corrected chi connectivity index (χ2v) is 2.05. The van der Waals surface area contributed by atoms with E-state index in [4.69, 9.17) is 10.8 Å². The molecule has 0 aromatic heterocycles. The Labute approximate surface area is 56.8 Å². The van der Waals surface area contributed by atoms with Crippen molar-refractivity contribution in [2.75, 3.05) is 6.54 Å². The van der Waals surface area contributed by atoms with E-state index in [0.717, 1.165) is 0 Å². The van der Waals surface area contributed by atoms with Crippen LogP contribution in [0.25, 0.3) is 0 Å². The first-order valence-corrected chi connectivity index (χ1v) is 2.90. The van der Waals surface area contributed by atoms with Gasteiger partial charge in [-0.2, -0.15) is 13.2 Å². The lowest BCUT2D eigenvalue weighted by molar-refractivity contribution is -0.153. The lowest BCUT2D eigenvalue weighted by Gasteiger charge is -2.10. The van der Waals surface area contributed by atoms with Crippen molar-refractivity contribution >= 4 is 0 Å². The summed E-state index contributed by atoms with van der Waals surface area (Å²) in [6, 6.07) is 0. The summed E-state index contributed by atoms with van der Waals surface area (Å²) in [6.45, 7) is 0.0806. The second-order valence-electron chi connectivity index (χ2n) is 2.05. The van der Waals surface area contributed by atoms with E-state index in [1.807, 2.05) is 0 Å². The molecule has 62 valence electrons. The van der Waals surface area contributed by atoms with Gasteiger partial charge in [0.2, 0.25) is 0 Å². The van der Waals surface area contributed by atoms with Crippen LogP contribution >= 0.6 is 0 Å². The summed E-state index contributed by atoms with van der Waals surface area (Å²) in [6.07, 6.45) is -6.79. The summed E-state index contributed by atoms with van der Waals surface area (Å²) in [5.74, 6) is 0. The molecule has 0 aliphatic heterocycles. The molecule has 0 radical (unpaired) electrons. The molecule has 0 aromatic rings. The van der Waals surface area contributed by atoms with Crippen molar-refractivity contribution in [3.05, 3.63) is 0 Å². The monoisotopic (exact) mass is 157 g/mol. The minimum atomic E-state index is -4.28. The fourth-order valence-corrected chi connectivity index (χ4v) is 0.562. The molecule has 0 bridgehead atoms. The molecule has 5 heteroatoms. The smallest absolute Gasteiger partial charge is 0.391 e. The van der Waals surface area contributed by atoms with Crippen molar-refractivity contribution in [2.45, 2.75) is 25.1 Å². The van der Waals surface area contributed by atoms with Crippen molar-refractivity contribution in [3.8, 4) is 0 Å². The lowest BCUT2D eigenvalue weighted by atomic mass is 10.2. The minimum Gasteiger partial charge on any atom is -0.393 e. The van der Waals surface area contributed by atoms with Crippen LogP contribution < -0.4 is 5.73 Å². The molecule has 10 heavy (non-hydrogen) atoms. The van der Waals surface area contributed by atoms with Crippen molar-refractivity contribution in [1.29, 1.82) is 0 Å². The van der Waals surface area contributed by atoms with Gasteiger partial charge in [-0.1, -0.05) is 0 Å². The number of hydrogen-bond acceptors (Lipinski definition) is 2. The number of nitrogens with two attached hydrogens (primary N) is 1. The van der Waals surface area contributed by atoms with Crippen molar-refractivity contribution in [3.63, 3.8) is 0 Å². The van der Waals surface area contributed by atoms with Gasteiger partial charge in [-0.05, 0) is 13.0 Å². The van der Waals surface area contributed by atoms with Gasteiger partial charge < -0.3 is 10.8 Å². The third-order valence-corrected chi connectivity index (χ3v) is 0.967. The molecule has 0 amide bonds. The maximum atomic E-state index is 11.4. The Morgan fingerprint density at radius 2 is 1.90 bits per heavy atom. The first-order chi connectivity index (χ1) is 4.45. The summed E-state index contributed by atoms with van der Waals surface area (Å²) in [5, 5.41) is 8.58. The Morgan fingerprint density at radius 1 is 1.40 bits per heavy atom. The van der Waals surface area contributed by atoms with Gasteiger partial charge in [-0.15, -0.1) is 0 Å². The van der Waals surface area contributed by atoms with E-state index < -0.39 is 18.7 Å². The van der Waals surface area contributed by atoms with Gasteiger partial charge in [0, 0.05) is 0 Å². The van der Waals surface area contributed by atoms with E-state index >= 15 is 0 Å². The average Bonchev–Trinajstić information content (AvgIpc) is 1.59.